The quantitative estimate of drug-likeness (QED) is 0.448. The number of sulfonamides is 1. The number of hydrogen-bond acceptors (Lipinski definition) is 3. The van der Waals surface area contributed by atoms with Crippen LogP contribution in [0.2, 0.25) is 0 Å². The number of benzene rings is 3. The average Bonchev–Trinajstić information content (AvgIpc) is 2.83. The first kappa shape index (κ1) is 25.4. The summed E-state index contributed by atoms with van der Waals surface area (Å²) in [5.74, 6) is -0.496. The molecular formula is C27H31FN2O3S. The fraction of sp³-hybridized carbons (Fsp3) is 0.296. The van der Waals surface area contributed by atoms with Crippen LogP contribution in [0.15, 0.2) is 66.7 Å². The standard InChI is InChI=1S/C27H31FN2O3S/c1-4-22-7-6-8-23(5-2)26(22)30(34(3,32)33)19-21-9-13-24(14-10-21)27(31)29-18-17-20-11-15-25(28)16-12-20/h6-16H,4-5,17-19H2,1-3H3,(H,29,31). The predicted molar refractivity (Wildman–Crippen MR) is 135 cm³/mol. The van der Waals surface area contributed by atoms with E-state index in [1.165, 1.54) is 22.7 Å². The normalized spacial score (nSPS) is 11.3. The highest BCUT2D eigenvalue weighted by atomic mass is 32.2. The van der Waals surface area contributed by atoms with E-state index in [1.54, 1.807) is 36.4 Å². The number of hydrogen-bond donors (Lipinski definition) is 1. The first-order valence-corrected chi connectivity index (χ1v) is 13.3. The molecule has 0 spiro atoms. The molecule has 3 rings (SSSR count). The Bertz CT molecular complexity index is 1200. The van der Waals surface area contributed by atoms with E-state index in [0.29, 0.717) is 18.5 Å². The number of anilines is 1. The molecule has 0 aromatic heterocycles. The van der Waals surface area contributed by atoms with Gasteiger partial charge in [0.1, 0.15) is 5.82 Å². The van der Waals surface area contributed by atoms with Gasteiger partial charge in [-0.15, -0.1) is 0 Å². The van der Waals surface area contributed by atoms with Crippen molar-refractivity contribution in [2.24, 2.45) is 0 Å². The Kier molecular flexibility index (Phi) is 8.45. The van der Waals surface area contributed by atoms with E-state index in [0.717, 1.165) is 40.8 Å². The molecule has 34 heavy (non-hydrogen) atoms. The predicted octanol–water partition coefficient (Wildman–Crippen LogP) is 4.89. The minimum atomic E-state index is -3.52. The van der Waals surface area contributed by atoms with Crippen molar-refractivity contribution in [3.63, 3.8) is 0 Å². The molecule has 3 aromatic carbocycles. The van der Waals surface area contributed by atoms with Crippen molar-refractivity contribution in [3.05, 3.63) is 100 Å². The van der Waals surface area contributed by atoms with Gasteiger partial charge in [0.2, 0.25) is 10.0 Å². The number of amides is 1. The number of halogens is 1. The third-order valence-corrected chi connectivity index (χ3v) is 6.88. The first-order valence-electron chi connectivity index (χ1n) is 11.4. The summed E-state index contributed by atoms with van der Waals surface area (Å²) in [4.78, 5) is 12.5. The summed E-state index contributed by atoms with van der Waals surface area (Å²) in [7, 11) is -3.52. The molecule has 1 N–H and O–H groups in total. The van der Waals surface area contributed by atoms with Gasteiger partial charge in [0.15, 0.2) is 0 Å². The Morgan fingerprint density at radius 2 is 1.44 bits per heavy atom. The van der Waals surface area contributed by atoms with Crippen molar-refractivity contribution in [1.29, 1.82) is 0 Å². The van der Waals surface area contributed by atoms with Gasteiger partial charge in [-0.3, -0.25) is 9.10 Å². The highest BCUT2D eigenvalue weighted by Crippen LogP contribution is 2.30. The Morgan fingerprint density at radius 3 is 1.97 bits per heavy atom. The Hall–Kier alpha value is -3.19. The van der Waals surface area contributed by atoms with Crippen LogP contribution in [0.25, 0.3) is 0 Å². The van der Waals surface area contributed by atoms with Crippen LogP contribution < -0.4 is 9.62 Å². The summed E-state index contributed by atoms with van der Waals surface area (Å²) in [5.41, 5.74) is 4.96. The first-order chi connectivity index (χ1) is 16.2. The van der Waals surface area contributed by atoms with E-state index in [4.69, 9.17) is 0 Å². The zero-order valence-corrected chi connectivity index (χ0v) is 20.7. The largest absolute Gasteiger partial charge is 0.352 e. The van der Waals surface area contributed by atoms with Gasteiger partial charge in [0.25, 0.3) is 5.91 Å². The topological polar surface area (TPSA) is 66.5 Å². The van der Waals surface area contributed by atoms with Gasteiger partial charge in [-0.25, -0.2) is 12.8 Å². The lowest BCUT2D eigenvalue weighted by atomic mass is 10.0. The second kappa shape index (κ2) is 11.3. The zero-order chi connectivity index (χ0) is 24.7. The van der Waals surface area contributed by atoms with Crippen LogP contribution >= 0.6 is 0 Å². The molecule has 0 saturated heterocycles. The van der Waals surface area contributed by atoms with Crippen molar-refractivity contribution in [3.8, 4) is 0 Å². The summed E-state index contributed by atoms with van der Waals surface area (Å²) < 4.78 is 39.9. The highest BCUT2D eigenvalue weighted by Gasteiger charge is 2.23. The Labute approximate surface area is 201 Å². The summed E-state index contributed by atoms with van der Waals surface area (Å²) in [6.45, 7) is 4.65. The maximum Gasteiger partial charge on any atom is 0.251 e. The van der Waals surface area contributed by atoms with Gasteiger partial charge >= 0.3 is 0 Å². The molecule has 3 aromatic rings. The molecule has 0 aliphatic heterocycles. The molecule has 0 aliphatic rings. The van der Waals surface area contributed by atoms with Gasteiger partial charge < -0.3 is 5.32 Å². The van der Waals surface area contributed by atoms with E-state index < -0.39 is 10.0 Å². The Balaban J connectivity index is 1.72. The molecule has 180 valence electrons. The molecule has 1 amide bonds. The zero-order valence-electron chi connectivity index (χ0n) is 19.8. The van der Waals surface area contributed by atoms with Gasteiger partial charge in [0, 0.05) is 12.1 Å². The molecule has 7 heteroatoms. The van der Waals surface area contributed by atoms with Crippen LogP contribution in [0, 0.1) is 5.82 Å². The number of rotatable bonds is 10. The van der Waals surface area contributed by atoms with Gasteiger partial charge in [-0.05, 0) is 65.8 Å². The van der Waals surface area contributed by atoms with Crippen LogP contribution in [0.3, 0.4) is 0 Å². The van der Waals surface area contributed by atoms with E-state index in [9.17, 15) is 17.6 Å². The molecule has 5 nitrogen and oxygen atoms in total. The third kappa shape index (κ3) is 6.44. The fourth-order valence-electron chi connectivity index (χ4n) is 3.90. The lowest BCUT2D eigenvalue weighted by molar-refractivity contribution is 0.0954. The van der Waals surface area contributed by atoms with Crippen LogP contribution in [0.5, 0.6) is 0 Å². The van der Waals surface area contributed by atoms with Crippen LogP contribution in [0.1, 0.15) is 46.5 Å². The maximum atomic E-state index is 13.0. The lowest BCUT2D eigenvalue weighted by Gasteiger charge is -2.27. The van der Waals surface area contributed by atoms with Gasteiger partial charge in [-0.2, -0.15) is 0 Å². The molecule has 0 bridgehead atoms. The molecule has 0 heterocycles. The number of para-hydroxylation sites is 1. The SMILES string of the molecule is CCc1cccc(CC)c1N(Cc1ccc(C(=O)NCCc2ccc(F)cc2)cc1)S(C)(=O)=O. The number of nitrogens with zero attached hydrogens (tertiary/aromatic N) is 1. The second-order valence-corrected chi connectivity index (χ2v) is 10.1. The van der Waals surface area contributed by atoms with Crippen molar-refractivity contribution in [1.82, 2.24) is 5.32 Å². The molecule has 0 saturated carbocycles. The summed E-state index contributed by atoms with van der Waals surface area (Å²) in [6, 6.07) is 19.1. The van der Waals surface area contributed by atoms with Crippen LogP contribution in [-0.4, -0.2) is 27.1 Å². The van der Waals surface area contributed by atoms with Crippen molar-refractivity contribution < 1.29 is 17.6 Å². The Morgan fingerprint density at radius 1 is 0.882 bits per heavy atom. The van der Waals surface area contributed by atoms with Gasteiger partial charge in [-0.1, -0.05) is 56.3 Å². The summed E-state index contributed by atoms with van der Waals surface area (Å²) in [5, 5.41) is 2.86. The van der Waals surface area contributed by atoms with Crippen molar-refractivity contribution in [2.75, 3.05) is 17.1 Å². The minimum Gasteiger partial charge on any atom is -0.352 e. The average molecular weight is 483 g/mol. The van der Waals surface area contributed by atoms with E-state index >= 15 is 0 Å². The number of carbonyl (C=O) groups excluding carboxylic acids is 1. The number of aryl methyl sites for hydroxylation is 2. The molecular weight excluding hydrogens is 451 g/mol. The third-order valence-electron chi connectivity index (χ3n) is 5.77. The lowest BCUT2D eigenvalue weighted by Crippen LogP contribution is -2.31. The van der Waals surface area contributed by atoms with Crippen molar-refractivity contribution in [2.45, 2.75) is 39.7 Å². The monoisotopic (exact) mass is 482 g/mol. The molecule has 0 radical (unpaired) electrons. The number of nitrogens with one attached hydrogen (secondary N) is 1. The number of carbonyl (C=O) groups is 1. The van der Waals surface area contributed by atoms with Crippen LogP contribution in [-0.2, 0) is 35.8 Å². The summed E-state index contributed by atoms with van der Waals surface area (Å²) in [6.07, 6.45) is 3.28. The maximum absolute atomic E-state index is 13.0. The van der Waals surface area contributed by atoms with Crippen LogP contribution in [0.4, 0.5) is 10.1 Å². The smallest absolute Gasteiger partial charge is 0.251 e. The van der Waals surface area contributed by atoms with Gasteiger partial charge in [0.05, 0.1) is 18.5 Å². The van der Waals surface area contributed by atoms with E-state index in [2.05, 4.69) is 5.32 Å². The molecule has 0 atom stereocenters. The second-order valence-electron chi connectivity index (χ2n) is 8.23. The highest BCUT2D eigenvalue weighted by molar-refractivity contribution is 7.92. The van der Waals surface area contributed by atoms with Crippen molar-refractivity contribution >= 4 is 21.6 Å². The fourth-order valence-corrected chi connectivity index (χ4v) is 4.85. The minimum absolute atomic E-state index is 0.190. The van der Waals surface area contributed by atoms with E-state index in [-0.39, 0.29) is 18.3 Å². The molecule has 0 aliphatic carbocycles. The van der Waals surface area contributed by atoms with E-state index in [1.807, 2.05) is 32.0 Å². The molecule has 0 unspecified atom stereocenters. The molecule has 0 fully saturated rings. The summed E-state index contributed by atoms with van der Waals surface area (Å²) >= 11 is 0.